The summed E-state index contributed by atoms with van der Waals surface area (Å²) in [7, 11) is -9.92. The molecule has 19 heteroatoms. The van der Waals surface area contributed by atoms with Gasteiger partial charge in [-0.2, -0.15) is 0 Å². The van der Waals surface area contributed by atoms with Crippen molar-refractivity contribution in [3.63, 3.8) is 0 Å². The Kier molecular flexibility index (Phi) is 74.4. The molecule has 2 unspecified atom stereocenters. The molecule has 17 nitrogen and oxygen atoms in total. The van der Waals surface area contributed by atoms with E-state index in [-0.39, 0.29) is 25.7 Å². The Morgan fingerprint density at radius 2 is 0.451 bits per heavy atom. The average molecular weight is 1490 g/mol. The molecule has 0 aromatic rings. The number of carbonyl (C=O) groups is 4. The van der Waals surface area contributed by atoms with Crippen molar-refractivity contribution in [1.82, 2.24) is 0 Å². The fourth-order valence-electron chi connectivity index (χ4n) is 12.9. The van der Waals surface area contributed by atoms with Gasteiger partial charge in [0.05, 0.1) is 26.4 Å². The highest BCUT2D eigenvalue weighted by Gasteiger charge is 2.30. The summed E-state index contributed by atoms with van der Waals surface area (Å²) in [5.74, 6) is -1.35. The normalized spacial score (nSPS) is 13.8. The summed E-state index contributed by atoms with van der Waals surface area (Å²) in [6, 6.07) is 0. The fourth-order valence-corrected chi connectivity index (χ4v) is 14.5. The van der Waals surface area contributed by atoms with Crippen LogP contribution in [-0.4, -0.2) is 96.7 Å². The highest BCUT2D eigenvalue weighted by Crippen LogP contribution is 2.45. The summed E-state index contributed by atoms with van der Waals surface area (Å²) in [5.41, 5.74) is 0. The predicted molar refractivity (Wildman–Crippen MR) is 418 cm³/mol. The Hall–Kier alpha value is -1.94. The molecule has 606 valence electrons. The number of aliphatic hydroxyl groups is 1. The van der Waals surface area contributed by atoms with E-state index in [9.17, 15) is 43.2 Å². The van der Waals surface area contributed by atoms with Crippen LogP contribution < -0.4 is 0 Å². The van der Waals surface area contributed by atoms with E-state index < -0.39 is 97.5 Å². The number of hydrogen-bond donors (Lipinski definition) is 3. The first-order valence-corrected chi connectivity index (χ1v) is 46.1. The molecule has 0 aromatic heterocycles. The first-order valence-electron chi connectivity index (χ1n) is 43.1. The third kappa shape index (κ3) is 76.3. The highest BCUT2D eigenvalue weighted by atomic mass is 31.2. The van der Waals surface area contributed by atoms with E-state index in [2.05, 4.69) is 34.6 Å². The van der Waals surface area contributed by atoms with E-state index in [0.717, 1.165) is 95.8 Å². The van der Waals surface area contributed by atoms with E-state index in [1.165, 1.54) is 270 Å². The maximum Gasteiger partial charge on any atom is 0.472 e. The highest BCUT2D eigenvalue weighted by molar-refractivity contribution is 7.47. The molecular formula is C83H162O17P2. The molecule has 0 rings (SSSR count). The van der Waals surface area contributed by atoms with Crippen LogP contribution in [0.1, 0.15) is 446 Å². The number of hydrogen-bond acceptors (Lipinski definition) is 15. The zero-order valence-corrected chi connectivity index (χ0v) is 68.5. The first kappa shape index (κ1) is 100. The molecule has 0 aliphatic carbocycles. The number of unbranched alkanes of at least 4 members (excludes halogenated alkanes) is 55. The Morgan fingerprint density at radius 1 is 0.265 bits per heavy atom. The van der Waals surface area contributed by atoms with Crippen LogP contribution in [0.15, 0.2) is 0 Å². The molecule has 5 atom stereocenters. The van der Waals surface area contributed by atoms with Crippen molar-refractivity contribution in [1.29, 1.82) is 0 Å². The lowest BCUT2D eigenvalue weighted by molar-refractivity contribution is -0.161. The van der Waals surface area contributed by atoms with Gasteiger partial charge in [0.1, 0.15) is 19.3 Å². The van der Waals surface area contributed by atoms with Gasteiger partial charge in [-0.3, -0.25) is 37.3 Å². The summed E-state index contributed by atoms with van der Waals surface area (Å²) >= 11 is 0. The summed E-state index contributed by atoms with van der Waals surface area (Å²) in [6.45, 7) is 7.34. The van der Waals surface area contributed by atoms with Gasteiger partial charge in [0.15, 0.2) is 12.2 Å². The molecule has 0 saturated heterocycles. The number of aliphatic hydroxyl groups excluding tert-OH is 1. The Bertz CT molecular complexity index is 1940. The molecular weight excluding hydrogens is 1330 g/mol. The second-order valence-corrected chi connectivity index (χ2v) is 33.3. The molecule has 3 N–H and O–H groups in total. The number of rotatable bonds is 83. The maximum absolute atomic E-state index is 13.1. The summed E-state index contributed by atoms with van der Waals surface area (Å²) in [6.07, 6.45) is 68.0. The topological polar surface area (TPSA) is 237 Å². The van der Waals surface area contributed by atoms with Crippen LogP contribution in [-0.2, 0) is 65.4 Å². The van der Waals surface area contributed by atoms with Crippen LogP contribution in [0, 0.1) is 5.92 Å². The quantitative estimate of drug-likeness (QED) is 0.0222. The summed E-state index contributed by atoms with van der Waals surface area (Å²) in [4.78, 5) is 73.1. The fraction of sp³-hybridized carbons (Fsp3) is 0.952. The van der Waals surface area contributed by atoms with Crippen molar-refractivity contribution in [2.75, 3.05) is 39.6 Å². The monoisotopic (exact) mass is 1490 g/mol. The minimum atomic E-state index is -4.96. The second-order valence-electron chi connectivity index (χ2n) is 30.3. The minimum absolute atomic E-state index is 0.107. The predicted octanol–water partition coefficient (Wildman–Crippen LogP) is 25.2. The van der Waals surface area contributed by atoms with Gasteiger partial charge in [-0.05, 0) is 31.6 Å². The lowest BCUT2D eigenvalue weighted by Gasteiger charge is -2.21. The van der Waals surface area contributed by atoms with Crippen LogP contribution >= 0.6 is 15.6 Å². The van der Waals surface area contributed by atoms with E-state index in [1.54, 1.807) is 0 Å². The van der Waals surface area contributed by atoms with Crippen molar-refractivity contribution in [2.45, 2.75) is 464 Å². The first-order chi connectivity index (χ1) is 49.5. The van der Waals surface area contributed by atoms with Crippen LogP contribution in [0.4, 0.5) is 0 Å². The largest absolute Gasteiger partial charge is 0.472 e. The van der Waals surface area contributed by atoms with E-state index in [4.69, 9.17) is 37.0 Å². The SMILES string of the molecule is CCCCCCCCCCCCCCCCCCCCCCCC(=O)O[C@H](COC(=O)CCCCCCCCCCCCCCCCC)COP(=O)(O)OC[C@@H](O)COP(=O)(O)OC[C@@H](COC(=O)CCCCCCCCCCCCCCC)OC(=O)CCCCCCCCCCCCC(C)C. The van der Waals surface area contributed by atoms with Crippen molar-refractivity contribution >= 4 is 39.5 Å². The van der Waals surface area contributed by atoms with Crippen LogP contribution in [0.3, 0.4) is 0 Å². The molecule has 0 heterocycles. The standard InChI is InChI=1S/C83H162O17P2/c1-6-9-12-15-18-21-24-27-29-30-31-32-33-34-36-39-42-48-53-58-63-68-82(87)99-78(72-94-81(86)67-62-57-52-47-41-38-35-28-25-22-19-16-13-10-7-2)74-97-101(89,90)95-70-77(84)71-96-102(91,92)98-75-79(100-83(88)69-64-59-54-49-44-43-45-50-55-60-65-76(4)5)73-93-80(85)66-61-56-51-46-40-37-26-23-20-17-14-11-8-3/h76-79,84H,6-75H2,1-5H3,(H,89,90)(H,91,92)/t77-,78-,79-/m1/s1. The van der Waals surface area contributed by atoms with Gasteiger partial charge in [-0.1, -0.05) is 394 Å². The lowest BCUT2D eigenvalue weighted by Crippen LogP contribution is -2.30. The Balaban J connectivity index is 5.23. The molecule has 0 aliphatic rings. The third-order valence-corrected chi connectivity index (χ3v) is 21.4. The molecule has 102 heavy (non-hydrogen) atoms. The molecule has 0 bridgehead atoms. The van der Waals surface area contributed by atoms with Crippen LogP contribution in [0.2, 0.25) is 0 Å². The van der Waals surface area contributed by atoms with E-state index in [0.29, 0.717) is 25.7 Å². The van der Waals surface area contributed by atoms with Crippen molar-refractivity contribution in [3.8, 4) is 0 Å². The van der Waals surface area contributed by atoms with Crippen molar-refractivity contribution < 1.29 is 80.2 Å². The van der Waals surface area contributed by atoms with Crippen LogP contribution in [0.5, 0.6) is 0 Å². The van der Waals surface area contributed by atoms with Gasteiger partial charge in [0, 0.05) is 25.7 Å². The minimum Gasteiger partial charge on any atom is -0.462 e. The van der Waals surface area contributed by atoms with Crippen molar-refractivity contribution in [3.05, 3.63) is 0 Å². The van der Waals surface area contributed by atoms with Crippen LogP contribution in [0.25, 0.3) is 0 Å². The molecule has 0 amide bonds. The van der Waals surface area contributed by atoms with Gasteiger partial charge >= 0.3 is 39.5 Å². The Labute approximate surface area is 626 Å². The summed E-state index contributed by atoms with van der Waals surface area (Å²) in [5, 5.41) is 10.7. The zero-order chi connectivity index (χ0) is 74.8. The molecule has 0 spiro atoms. The molecule has 0 aliphatic heterocycles. The number of ether oxygens (including phenoxy) is 4. The maximum atomic E-state index is 13.1. The number of carbonyl (C=O) groups excluding carboxylic acids is 4. The van der Waals surface area contributed by atoms with Gasteiger partial charge in [-0.15, -0.1) is 0 Å². The molecule has 0 radical (unpaired) electrons. The third-order valence-electron chi connectivity index (χ3n) is 19.5. The molecule has 0 saturated carbocycles. The Morgan fingerprint density at radius 3 is 0.667 bits per heavy atom. The zero-order valence-electron chi connectivity index (χ0n) is 66.8. The summed E-state index contributed by atoms with van der Waals surface area (Å²) < 4.78 is 68.8. The second kappa shape index (κ2) is 75.9. The molecule has 0 fully saturated rings. The van der Waals surface area contributed by atoms with Gasteiger partial charge in [0.2, 0.25) is 0 Å². The van der Waals surface area contributed by atoms with E-state index >= 15 is 0 Å². The number of esters is 4. The lowest BCUT2D eigenvalue weighted by atomic mass is 10.0. The smallest absolute Gasteiger partial charge is 0.462 e. The average Bonchev–Trinajstić information content (AvgIpc) is 0.918. The number of phosphoric acid groups is 2. The van der Waals surface area contributed by atoms with E-state index in [1.807, 2.05) is 0 Å². The van der Waals surface area contributed by atoms with Gasteiger partial charge in [0.25, 0.3) is 0 Å². The number of phosphoric ester groups is 2. The van der Waals surface area contributed by atoms with Crippen molar-refractivity contribution in [2.24, 2.45) is 5.92 Å². The van der Waals surface area contributed by atoms with Gasteiger partial charge in [-0.25, -0.2) is 9.13 Å². The molecule has 0 aromatic carbocycles. The van der Waals surface area contributed by atoms with Gasteiger partial charge < -0.3 is 33.8 Å².